The predicted molar refractivity (Wildman–Crippen MR) is 84.1 cm³/mol. The highest BCUT2D eigenvalue weighted by Crippen LogP contribution is 2.24. The molecule has 20 heavy (non-hydrogen) atoms. The molecule has 2 aromatic rings. The fourth-order valence-electron chi connectivity index (χ4n) is 1.76. The van der Waals surface area contributed by atoms with Crippen molar-refractivity contribution in [3.8, 4) is 0 Å². The number of nitrogens with two attached hydrogens (primary N) is 1. The second-order valence-corrected chi connectivity index (χ2v) is 6.88. The number of nitrogens with zero attached hydrogens (tertiary/aromatic N) is 4. The van der Waals surface area contributed by atoms with Crippen LogP contribution in [-0.4, -0.2) is 22.0 Å². The minimum atomic E-state index is -0.120. The van der Waals surface area contributed by atoms with E-state index in [-0.39, 0.29) is 5.41 Å². The molecule has 0 aromatic carbocycles. The molecular weight excluding hydrogens is 270 g/mol. The topological polar surface area (TPSA) is 67.9 Å². The van der Waals surface area contributed by atoms with Gasteiger partial charge < -0.3 is 10.6 Å². The molecule has 2 rings (SSSR count). The number of aromatic nitrogens is 3. The molecular formula is C14H21N5S. The molecule has 0 radical (unpaired) electrons. The molecule has 2 heterocycles. The van der Waals surface area contributed by atoms with Crippen LogP contribution in [0, 0.1) is 6.92 Å². The zero-order chi connectivity index (χ0) is 14.9. The number of hydrogen-bond acceptors (Lipinski definition) is 6. The maximum absolute atomic E-state index is 5.91. The molecule has 0 atom stereocenters. The van der Waals surface area contributed by atoms with E-state index >= 15 is 0 Å². The maximum atomic E-state index is 5.91. The van der Waals surface area contributed by atoms with Crippen molar-refractivity contribution < 1.29 is 0 Å². The van der Waals surface area contributed by atoms with Gasteiger partial charge in [0.25, 0.3) is 0 Å². The third-order valence-corrected chi connectivity index (χ3v) is 3.94. The summed E-state index contributed by atoms with van der Waals surface area (Å²) in [5.41, 5.74) is 8.73. The largest absolute Gasteiger partial charge is 0.384 e. The Morgan fingerprint density at radius 2 is 2.00 bits per heavy atom. The lowest BCUT2D eigenvalue weighted by molar-refractivity contribution is 0.545. The van der Waals surface area contributed by atoms with Gasteiger partial charge in [0.05, 0.1) is 17.7 Å². The van der Waals surface area contributed by atoms with Crippen LogP contribution in [0.4, 0.5) is 11.6 Å². The van der Waals surface area contributed by atoms with Gasteiger partial charge in [-0.25, -0.2) is 15.0 Å². The molecule has 0 amide bonds. The van der Waals surface area contributed by atoms with E-state index in [1.165, 1.54) is 4.88 Å². The van der Waals surface area contributed by atoms with Crippen LogP contribution in [0.3, 0.4) is 0 Å². The molecule has 0 fully saturated rings. The summed E-state index contributed by atoms with van der Waals surface area (Å²) in [5, 5.41) is 0. The van der Waals surface area contributed by atoms with Crippen LogP contribution in [-0.2, 0) is 12.0 Å². The van der Waals surface area contributed by atoms with E-state index in [0.717, 1.165) is 23.9 Å². The minimum Gasteiger partial charge on any atom is -0.384 e. The van der Waals surface area contributed by atoms with Crippen molar-refractivity contribution in [3.63, 3.8) is 0 Å². The molecule has 2 N–H and O–H groups in total. The molecule has 0 bridgehead atoms. The van der Waals surface area contributed by atoms with Gasteiger partial charge in [0.1, 0.15) is 17.5 Å². The number of anilines is 2. The van der Waals surface area contributed by atoms with Gasteiger partial charge in [-0.15, -0.1) is 11.3 Å². The summed E-state index contributed by atoms with van der Waals surface area (Å²) >= 11 is 1.66. The highest BCUT2D eigenvalue weighted by Gasteiger charge is 2.20. The maximum Gasteiger partial charge on any atom is 0.138 e. The Morgan fingerprint density at radius 3 is 2.55 bits per heavy atom. The van der Waals surface area contributed by atoms with Crippen LogP contribution in [0.25, 0.3) is 0 Å². The summed E-state index contributed by atoms with van der Waals surface area (Å²) in [4.78, 5) is 16.6. The lowest BCUT2D eigenvalue weighted by Crippen LogP contribution is -2.22. The van der Waals surface area contributed by atoms with Gasteiger partial charge in [-0.2, -0.15) is 0 Å². The standard InChI is InChI=1S/C14H21N5S/c1-9-10(20-8-16-9)7-19(5)12-6-11(15)17-13(18-12)14(2,3)4/h6,8H,7H2,1-5H3,(H2,15,17,18). The van der Waals surface area contributed by atoms with Crippen molar-refractivity contribution in [2.24, 2.45) is 0 Å². The van der Waals surface area contributed by atoms with E-state index in [1.807, 2.05) is 25.5 Å². The van der Waals surface area contributed by atoms with Crippen LogP contribution in [0.1, 0.15) is 37.2 Å². The number of hydrogen-bond donors (Lipinski definition) is 1. The van der Waals surface area contributed by atoms with E-state index in [1.54, 1.807) is 11.3 Å². The molecule has 108 valence electrons. The molecule has 0 saturated carbocycles. The first-order chi connectivity index (χ1) is 9.27. The lowest BCUT2D eigenvalue weighted by Gasteiger charge is -2.22. The number of rotatable bonds is 3. The second kappa shape index (κ2) is 5.36. The average Bonchev–Trinajstić information content (AvgIpc) is 2.73. The van der Waals surface area contributed by atoms with Gasteiger partial charge in [0.2, 0.25) is 0 Å². The molecule has 5 nitrogen and oxygen atoms in total. The van der Waals surface area contributed by atoms with Crippen molar-refractivity contribution in [3.05, 3.63) is 28.0 Å². The normalized spacial score (nSPS) is 11.7. The molecule has 0 saturated heterocycles. The van der Waals surface area contributed by atoms with Gasteiger partial charge >= 0.3 is 0 Å². The number of nitrogen functional groups attached to an aromatic ring is 1. The molecule has 2 aromatic heterocycles. The van der Waals surface area contributed by atoms with Crippen LogP contribution < -0.4 is 10.6 Å². The monoisotopic (exact) mass is 291 g/mol. The zero-order valence-corrected chi connectivity index (χ0v) is 13.5. The number of thiazole rings is 1. The van der Waals surface area contributed by atoms with Crippen molar-refractivity contribution in [2.75, 3.05) is 17.7 Å². The summed E-state index contributed by atoms with van der Waals surface area (Å²) in [6.45, 7) is 9.04. The van der Waals surface area contributed by atoms with Crippen LogP contribution >= 0.6 is 11.3 Å². The first-order valence-electron chi connectivity index (χ1n) is 6.52. The van der Waals surface area contributed by atoms with Crippen molar-refractivity contribution in [2.45, 2.75) is 39.7 Å². The lowest BCUT2D eigenvalue weighted by atomic mass is 9.96. The van der Waals surface area contributed by atoms with Gasteiger partial charge in [-0.1, -0.05) is 20.8 Å². The summed E-state index contributed by atoms with van der Waals surface area (Å²) in [5.74, 6) is 2.11. The molecule has 0 aliphatic heterocycles. The van der Waals surface area contributed by atoms with Gasteiger partial charge in [0.15, 0.2) is 0 Å². The first-order valence-corrected chi connectivity index (χ1v) is 7.40. The third-order valence-electron chi connectivity index (χ3n) is 3.02. The van der Waals surface area contributed by atoms with E-state index < -0.39 is 0 Å². The number of aryl methyl sites for hydroxylation is 1. The van der Waals surface area contributed by atoms with Gasteiger partial charge in [0, 0.05) is 23.4 Å². The smallest absolute Gasteiger partial charge is 0.138 e. The fraction of sp³-hybridized carbons (Fsp3) is 0.500. The predicted octanol–water partition coefficient (Wildman–Crippen LogP) is 2.76. The SMILES string of the molecule is Cc1ncsc1CN(C)c1cc(N)nc(C(C)(C)C)n1. The Morgan fingerprint density at radius 1 is 1.30 bits per heavy atom. The third kappa shape index (κ3) is 3.25. The molecule has 0 aliphatic carbocycles. The van der Waals surface area contributed by atoms with E-state index in [4.69, 9.17) is 5.73 Å². The Labute approximate surface area is 123 Å². The highest BCUT2D eigenvalue weighted by molar-refractivity contribution is 7.09. The zero-order valence-electron chi connectivity index (χ0n) is 12.6. The Bertz CT molecular complexity index is 600. The summed E-state index contributed by atoms with van der Waals surface area (Å²) in [6.07, 6.45) is 0. The molecule has 0 spiro atoms. The highest BCUT2D eigenvalue weighted by atomic mass is 32.1. The Balaban J connectivity index is 2.28. The van der Waals surface area contributed by atoms with E-state index in [9.17, 15) is 0 Å². The summed E-state index contributed by atoms with van der Waals surface area (Å²) in [6, 6.07) is 1.81. The second-order valence-electron chi connectivity index (χ2n) is 5.94. The molecule has 6 heteroatoms. The van der Waals surface area contributed by atoms with E-state index in [0.29, 0.717) is 5.82 Å². The minimum absolute atomic E-state index is 0.120. The average molecular weight is 291 g/mol. The van der Waals surface area contributed by atoms with Gasteiger partial charge in [-0.3, -0.25) is 0 Å². The van der Waals surface area contributed by atoms with Crippen molar-refractivity contribution in [1.29, 1.82) is 0 Å². The fourth-order valence-corrected chi connectivity index (χ4v) is 2.59. The van der Waals surface area contributed by atoms with Crippen LogP contribution in [0.2, 0.25) is 0 Å². The van der Waals surface area contributed by atoms with Crippen molar-refractivity contribution >= 4 is 23.0 Å². The van der Waals surface area contributed by atoms with Crippen molar-refractivity contribution in [1.82, 2.24) is 15.0 Å². The van der Waals surface area contributed by atoms with Crippen LogP contribution in [0.5, 0.6) is 0 Å². The molecule has 0 unspecified atom stereocenters. The van der Waals surface area contributed by atoms with E-state index in [2.05, 4.69) is 40.6 Å². The Hall–Kier alpha value is -1.69. The molecule has 0 aliphatic rings. The first kappa shape index (κ1) is 14.7. The Kier molecular flexibility index (Phi) is 3.94. The summed E-state index contributed by atoms with van der Waals surface area (Å²) in [7, 11) is 2.01. The quantitative estimate of drug-likeness (QED) is 0.941. The van der Waals surface area contributed by atoms with Gasteiger partial charge in [-0.05, 0) is 6.92 Å². The van der Waals surface area contributed by atoms with Crippen LogP contribution in [0.15, 0.2) is 11.6 Å². The summed E-state index contributed by atoms with van der Waals surface area (Å²) < 4.78 is 0.